The van der Waals surface area contributed by atoms with Gasteiger partial charge in [0.2, 0.25) is 0 Å². The van der Waals surface area contributed by atoms with Crippen molar-refractivity contribution in [2.45, 2.75) is 82.0 Å². The maximum absolute atomic E-state index is 10.5. The number of aromatic hydroxyl groups is 1. The number of hydrogen-bond donors (Lipinski definition) is 1. The van der Waals surface area contributed by atoms with Gasteiger partial charge in [-0.1, -0.05) is 31.4 Å². The molecule has 1 aromatic carbocycles. The summed E-state index contributed by atoms with van der Waals surface area (Å²) < 4.78 is 0. The third kappa shape index (κ3) is 2.34. The summed E-state index contributed by atoms with van der Waals surface area (Å²) in [6.45, 7) is 0. The molecule has 0 unspecified atom stereocenters. The summed E-state index contributed by atoms with van der Waals surface area (Å²) in [5.74, 6) is 4.15. The lowest BCUT2D eigenvalue weighted by atomic mass is 9.48. The third-order valence-electron chi connectivity index (χ3n) is 7.72. The van der Waals surface area contributed by atoms with Gasteiger partial charge in [0.05, 0.1) is 0 Å². The molecule has 0 radical (unpaired) electrons. The third-order valence-corrected chi connectivity index (χ3v) is 7.72. The van der Waals surface area contributed by atoms with Crippen molar-refractivity contribution < 1.29 is 5.11 Å². The number of phenolic OH excluding ortho intramolecular Hbond substituents is 1. The van der Waals surface area contributed by atoms with E-state index in [0.29, 0.717) is 17.1 Å². The highest BCUT2D eigenvalue weighted by atomic mass is 16.3. The summed E-state index contributed by atoms with van der Waals surface area (Å²) in [6, 6.07) is 6.74. The maximum Gasteiger partial charge on any atom is 0.119 e. The minimum Gasteiger partial charge on any atom is -0.508 e. The molecule has 1 aromatic rings. The van der Waals surface area contributed by atoms with Crippen molar-refractivity contribution in [3.05, 3.63) is 29.3 Å². The molecule has 0 aromatic heterocycles. The minimum atomic E-state index is 0.464. The van der Waals surface area contributed by atoms with E-state index in [4.69, 9.17) is 0 Å². The van der Waals surface area contributed by atoms with Crippen LogP contribution in [-0.2, 0) is 5.41 Å². The predicted octanol–water partition coefficient (Wildman–Crippen LogP) is 5.91. The average Bonchev–Trinajstić information content (AvgIpc) is 2.55. The van der Waals surface area contributed by atoms with Crippen LogP contribution in [0.5, 0.6) is 5.75 Å². The zero-order chi connectivity index (χ0) is 15.4. The molecular weight excluding hydrogens is 280 g/mol. The van der Waals surface area contributed by atoms with Crippen LogP contribution in [0.2, 0.25) is 0 Å². The van der Waals surface area contributed by atoms with E-state index >= 15 is 0 Å². The van der Waals surface area contributed by atoms with Crippen LogP contribution in [0, 0.1) is 17.8 Å². The molecule has 4 bridgehead atoms. The Labute approximate surface area is 140 Å². The first kappa shape index (κ1) is 14.4. The van der Waals surface area contributed by atoms with Crippen molar-refractivity contribution in [1.29, 1.82) is 0 Å². The van der Waals surface area contributed by atoms with Crippen molar-refractivity contribution >= 4 is 0 Å². The second kappa shape index (κ2) is 5.26. The zero-order valence-corrected chi connectivity index (χ0v) is 14.3. The molecule has 5 aliphatic carbocycles. The molecule has 0 aliphatic heterocycles. The van der Waals surface area contributed by atoms with Crippen molar-refractivity contribution in [3.8, 4) is 5.75 Å². The number of hydrogen-bond acceptors (Lipinski definition) is 1. The fraction of sp³-hybridized carbons (Fsp3) is 0.727. The van der Waals surface area contributed by atoms with Crippen molar-refractivity contribution in [3.63, 3.8) is 0 Å². The standard InChI is InChI=1S/C22H30O/c23-21-7-6-19(11-20(21)18-4-2-1-3-5-18)22-12-15-8-16(13-22)10-17(9-15)14-22/h6-7,11,15-18,23H,1-5,8-10,12-14H2. The second-order valence-electron chi connectivity index (χ2n) is 9.31. The Bertz CT molecular complexity index is 561. The van der Waals surface area contributed by atoms with Gasteiger partial charge in [-0.3, -0.25) is 0 Å². The molecule has 0 spiro atoms. The Hall–Kier alpha value is -0.980. The van der Waals surface area contributed by atoms with Crippen LogP contribution >= 0.6 is 0 Å². The fourth-order valence-electron chi connectivity index (χ4n) is 7.09. The fourth-order valence-corrected chi connectivity index (χ4v) is 7.09. The van der Waals surface area contributed by atoms with Crippen molar-refractivity contribution in [1.82, 2.24) is 0 Å². The highest BCUT2D eigenvalue weighted by molar-refractivity contribution is 5.42. The van der Waals surface area contributed by atoms with Crippen LogP contribution in [0.15, 0.2) is 18.2 Å². The van der Waals surface area contributed by atoms with Gasteiger partial charge in [0.25, 0.3) is 0 Å². The van der Waals surface area contributed by atoms with E-state index in [1.54, 1.807) is 5.56 Å². The first-order valence-electron chi connectivity index (χ1n) is 10.1. The van der Waals surface area contributed by atoms with E-state index in [-0.39, 0.29) is 0 Å². The van der Waals surface area contributed by atoms with Crippen LogP contribution in [0.25, 0.3) is 0 Å². The van der Waals surface area contributed by atoms with Gasteiger partial charge in [-0.05, 0) is 97.6 Å². The molecule has 0 heterocycles. The Kier molecular flexibility index (Phi) is 3.29. The van der Waals surface area contributed by atoms with Gasteiger partial charge in [0.15, 0.2) is 0 Å². The molecule has 0 amide bonds. The molecule has 1 nitrogen and oxygen atoms in total. The van der Waals surface area contributed by atoms with Gasteiger partial charge < -0.3 is 5.11 Å². The molecule has 1 heteroatoms. The summed E-state index contributed by atoms with van der Waals surface area (Å²) in [5.41, 5.74) is 3.32. The van der Waals surface area contributed by atoms with Gasteiger partial charge in [-0.2, -0.15) is 0 Å². The van der Waals surface area contributed by atoms with E-state index in [0.717, 1.165) is 17.8 Å². The highest BCUT2D eigenvalue weighted by Gasteiger charge is 2.51. The van der Waals surface area contributed by atoms with Gasteiger partial charge in [0.1, 0.15) is 5.75 Å². The van der Waals surface area contributed by atoms with Crippen LogP contribution in [0.1, 0.15) is 87.7 Å². The summed E-state index contributed by atoms with van der Waals surface area (Å²) in [6.07, 6.45) is 15.4. The van der Waals surface area contributed by atoms with Gasteiger partial charge >= 0.3 is 0 Å². The molecule has 5 saturated carbocycles. The largest absolute Gasteiger partial charge is 0.508 e. The molecule has 1 N–H and O–H groups in total. The Morgan fingerprint density at radius 1 is 0.826 bits per heavy atom. The summed E-state index contributed by atoms with van der Waals surface area (Å²) >= 11 is 0. The predicted molar refractivity (Wildman–Crippen MR) is 93.8 cm³/mol. The molecule has 124 valence electrons. The number of rotatable bonds is 2. The molecule has 0 atom stereocenters. The Balaban J connectivity index is 1.51. The van der Waals surface area contributed by atoms with E-state index < -0.39 is 0 Å². The Morgan fingerprint density at radius 3 is 2.04 bits per heavy atom. The molecule has 23 heavy (non-hydrogen) atoms. The smallest absolute Gasteiger partial charge is 0.119 e. The van der Waals surface area contributed by atoms with E-state index in [1.807, 2.05) is 6.07 Å². The van der Waals surface area contributed by atoms with Gasteiger partial charge in [0, 0.05) is 0 Å². The normalized spacial score (nSPS) is 39.7. The first-order chi connectivity index (χ1) is 11.2. The highest BCUT2D eigenvalue weighted by Crippen LogP contribution is 2.61. The van der Waals surface area contributed by atoms with Crippen LogP contribution in [0.4, 0.5) is 0 Å². The summed E-state index contributed by atoms with van der Waals surface area (Å²) in [7, 11) is 0. The number of benzene rings is 1. The first-order valence-corrected chi connectivity index (χ1v) is 10.1. The van der Waals surface area contributed by atoms with E-state index in [9.17, 15) is 5.11 Å². The summed E-state index contributed by atoms with van der Waals surface area (Å²) in [4.78, 5) is 0. The van der Waals surface area contributed by atoms with Crippen LogP contribution in [0.3, 0.4) is 0 Å². The zero-order valence-electron chi connectivity index (χ0n) is 14.3. The van der Waals surface area contributed by atoms with E-state index in [2.05, 4.69) is 12.1 Å². The minimum absolute atomic E-state index is 0.464. The van der Waals surface area contributed by atoms with Crippen LogP contribution in [-0.4, -0.2) is 5.11 Å². The summed E-state index contributed by atoms with van der Waals surface area (Å²) in [5, 5.41) is 10.5. The van der Waals surface area contributed by atoms with Gasteiger partial charge in [-0.15, -0.1) is 0 Å². The number of phenols is 1. The lowest BCUT2D eigenvalue weighted by molar-refractivity contribution is -0.00525. The quantitative estimate of drug-likeness (QED) is 0.720. The monoisotopic (exact) mass is 310 g/mol. The Morgan fingerprint density at radius 2 is 1.43 bits per heavy atom. The molecule has 0 saturated heterocycles. The SMILES string of the molecule is Oc1ccc(C23CC4CC(CC(C4)C2)C3)cc1C1CCCCC1. The molecule has 6 rings (SSSR count). The molecule has 5 fully saturated rings. The molecule has 5 aliphatic rings. The lowest BCUT2D eigenvalue weighted by Gasteiger charge is -2.57. The van der Waals surface area contributed by atoms with E-state index in [1.165, 1.54) is 76.2 Å². The van der Waals surface area contributed by atoms with Crippen molar-refractivity contribution in [2.75, 3.05) is 0 Å². The van der Waals surface area contributed by atoms with Gasteiger partial charge in [-0.25, -0.2) is 0 Å². The topological polar surface area (TPSA) is 20.2 Å². The van der Waals surface area contributed by atoms with Crippen molar-refractivity contribution in [2.24, 2.45) is 17.8 Å². The lowest BCUT2D eigenvalue weighted by Crippen LogP contribution is -2.48. The molecular formula is C22H30O. The second-order valence-corrected chi connectivity index (χ2v) is 9.31. The maximum atomic E-state index is 10.5. The average molecular weight is 310 g/mol. The van der Waals surface area contributed by atoms with Crippen LogP contribution < -0.4 is 0 Å².